The number of carbonyl (C=O) groups excluding carboxylic acids is 1. The average Bonchev–Trinajstić information content (AvgIpc) is 2.78. The van der Waals surface area contributed by atoms with Gasteiger partial charge in [0.15, 0.2) is 0 Å². The van der Waals surface area contributed by atoms with Gasteiger partial charge in [0.1, 0.15) is 11.6 Å². The number of hydrogen-bond donors (Lipinski definition) is 1. The quantitative estimate of drug-likeness (QED) is 0.505. The van der Waals surface area contributed by atoms with E-state index in [9.17, 15) is 17.6 Å². The van der Waals surface area contributed by atoms with E-state index in [1.165, 1.54) is 48.5 Å². The number of amides is 1. The van der Waals surface area contributed by atoms with E-state index < -0.39 is 15.8 Å². The van der Waals surface area contributed by atoms with Crippen LogP contribution in [-0.2, 0) is 10.0 Å². The first-order chi connectivity index (χ1) is 14.8. The number of hydrogen-bond acceptors (Lipinski definition) is 4. The fourth-order valence-electron chi connectivity index (χ4n) is 2.84. The Balaban J connectivity index is 1.54. The van der Waals surface area contributed by atoms with Crippen LogP contribution in [0.3, 0.4) is 0 Å². The zero-order valence-corrected chi connectivity index (χ0v) is 17.8. The molecule has 0 radical (unpaired) electrons. The Morgan fingerprint density at radius 1 is 0.968 bits per heavy atom. The van der Waals surface area contributed by atoms with Crippen molar-refractivity contribution in [2.45, 2.75) is 11.3 Å². The highest BCUT2D eigenvalue weighted by molar-refractivity contribution is 7.92. The van der Waals surface area contributed by atoms with E-state index in [1.807, 2.05) is 30.3 Å². The van der Waals surface area contributed by atoms with Crippen LogP contribution in [0.1, 0.15) is 16.8 Å². The summed E-state index contributed by atoms with van der Waals surface area (Å²) in [6.45, 7) is 0.978. The first kappa shape index (κ1) is 22.3. The van der Waals surface area contributed by atoms with Gasteiger partial charge in [-0.15, -0.1) is 0 Å². The minimum Gasteiger partial charge on any atom is -0.494 e. The molecular formula is C23H23FN2O4S. The minimum absolute atomic E-state index is 0.00675. The summed E-state index contributed by atoms with van der Waals surface area (Å²) in [7, 11) is -2.16. The number of anilines is 1. The molecular weight excluding hydrogens is 419 g/mol. The van der Waals surface area contributed by atoms with Crippen LogP contribution in [0.25, 0.3) is 0 Å². The van der Waals surface area contributed by atoms with Crippen molar-refractivity contribution in [2.75, 3.05) is 24.9 Å². The van der Waals surface area contributed by atoms with E-state index in [4.69, 9.17) is 4.74 Å². The van der Waals surface area contributed by atoms with Gasteiger partial charge in [0.25, 0.3) is 15.9 Å². The monoisotopic (exact) mass is 442 g/mol. The molecule has 0 fully saturated rings. The fourth-order valence-corrected chi connectivity index (χ4v) is 3.90. The number of nitrogens with zero attached hydrogens (tertiary/aromatic N) is 1. The normalized spacial score (nSPS) is 11.0. The Labute approximate surface area is 181 Å². The van der Waals surface area contributed by atoms with Crippen LogP contribution < -0.4 is 9.46 Å². The van der Waals surface area contributed by atoms with Crippen LogP contribution in [0.15, 0.2) is 83.8 Å². The summed E-state index contributed by atoms with van der Waals surface area (Å²) >= 11 is 0. The molecule has 0 aromatic heterocycles. The molecule has 0 bridgehead atoms. The number of benzene rings is 3. The highest BCUT2D eigenvalue weighted by Crippen LogP contribution is 2.18. The molecule has 162 valence electrons. The zero-order chi connectivity index (χ0) is 22.3. The summed E-state index contributed by atoms with van der Waals surface area (Å²) in [5.41, 5.74) is 0.631. The molecule has 3 aromatic carbocycles. The molecule has 0 aliphatic rings. The van der Waals surface area contributed by atoms with Gasteiger partial charge in [-0.2, -0.15) is 0 Å². The first-order valence-corrected chi connectivity index (χ1v) is 11.2. The van der Waals surface area contributed by atoms with Crippen LogP contribution in [0.5, 0.6) is 5.75 Å². The number of para-hydroxylation sites is 1. The lowest BCUT2D eigenvalue weighted by atomic mass is 10.2. The number of halogens is 1. The van der Waals surface area contributed by atoms with Gasteiger partial charge >= 0.3 is 0 Å². The van der Waals surface area contributed by atoms with Crippen molar-refractivity contribution >= 4 is 21.6 Å². The molecule has 6 nitrogen and oxygen atoms in total. The van der Waals surface area contributed by atoms with E-state index >= 15 is 0 Å². The van der Waals surface area contributed by atoms with Gasteiger partial charge in [0.05, 0.1) is 11.5 Å². The second-order valence-corrected chi connectivity index (χ2v) is 8.56. The fraction of sp³-hybridized carbons (Fsp3) is 0.174. The Bertz CT molecular complexity index is 1100. The second-order valence-electron chi connectivity index (χ2n) is 6.88. The van der Waals surface area contributed by atoms with Crippen molar-refractivity contribution in [1.29, 1.82) is 0 Å². The molecule has 1 amide bonds. The molecule has 3 aromatic rings. The van der Waals surface area contributed by atoms with Crippen molar-refractivity contribution in [3.05, 3.63) is 90.2 Å². The van der Waals surface area contributed by atoms with E-state index in [0.717, 1.165) is 5.75 Å². The summed E-state index contributed by atoms with van der Waals surface area (Å²) in [6, 6.07) is 20.1. The third kappa shape index (κ3) is 6.29. The molecule has 31 heavy (non-hydrogen) atoms. The van der Waals surface area contributed by atoms with Gasteiger partial charge < -0.3 is 9.64 Å². The topological polar surface area (TPSA) is 75.7 Å². The summed E-state index contributed by atoms with van der Waals surface area (Å²) in [4.78, 5) is 14.1. The maximum atomic E-state index is 13.0. The Morgan fingerprint density at radius 3 is 2.26 bits per heavy atom. The Hall–Kier alpha value is -3.39. The van der Waals surface area contributed by atoms with Gasteiger partial charge in [-0.25, -0.2) is 12.8 Å². The lowest BCUT2D eigenvalue weighted by Crippen LogP contribution is -2.28. The summed E-state index contributed by atoms with van der Waals surface area (Å²) in [5.74, 6) is 0.110. The van der Waals surface area contributed by atoms with Gasteiger partial charge in [0, 0.05) is 24.8 Å². The maximum absolute atomic E-state index is 13.0. The lowest BCUT2D eigenvalue weighted by Gasteiger charge is -2.17. The van der Waals surface area contributed by atoms with Crippen LogP contribution >= 0.6 is 0 Å². The summed E-state index contributed by atoms with van der Waals surface area (Å²) in [6.07, 6.45) is 0.658. The SMILES string of the molecule is CN(CCCOc1ccccc1)C(=O)c1ccc(S(=O)(=O)Nc2ccc(F)cc2)cc1. The third-order valence-electron chi connectivity index (χ3n) is 4.50. The molecule has 0 aliphatic carbocycles. The predicted octanol–water partition coefficient (Wildman–Crippen LogP) is 4.17. The highest BCUT2D eigenvalue weighted by atomic mass is 32.2. The number of nitrogens with one attached hydrogen (secondary N) is 1. The van der Waals surface area contributed by atoms with Gasteiger partial charge in [-0.05, 0) is 67.1 Å². The van der Waals surface area contributed by atoms with Crippen molar-refractivity contribution in [1.82, 2.24) is 4.90 Å². The van der Waals surface area contributed by atoms with Gasteiger partial charge in [-0.3, -0.25) is 9.52 Å². The standard InChI is InChI=1S/C23H23FN2O4S/c1-26(16-5-17-30-21-6-3-2-4-7-21)23(27)18-8-14-22(15-9-18)31(28,29)25-20-12-10-19(24)11-13-20/h2-4,6-15,25H,5,16-17H2,1H3. The lowest BCUT2D eigenvalue weighted by molar-refractivity contribution is 0.0787. The van der Waals surface area contributed by atoms with Crippen molar-refractivity contribution < 1.29 is 22.3 Å². The molecule has 0 aliphatic heterocycles. The van der Waals surface area contributed by atoms with Gasteiger partial charge in [-0.1, -0.05) is 18.2 Å². The smallest absolute Gasteiger partial charge is 0.261 e. The van der Waals surface area contributed by atoms with Crippen LogP contribution in [-0.4, -0.2) is 39.4 Å². The van der Waals surface area contributed by atoms with Crippen molar-refractivity contribution in [3.8, 4) is 5.75 Å². The molecule has 0 saturated carbocycles. The number of rotatable bonds is 9. The molecule has 8 heteroatoms. The average molecular weight is 443 g/mol. The van der Waals surface area contributed by atoms with Crippen molar-refractivity contribution in [3.63, 3.8) is 0 Å². The van der Waals surface area contributed by atoms with E-state index in [-0.39, 0.29) is 16.5 Å². The van der Waals surface area contributed by atoms with E-state index in [2.05, 4.69) is 4.72 Å². The van der Waals surface area contributed by atoms with Gasteiger partial charge in [0.2, 0.25) is 0 Å². The van der Waals surface area contributed by atoms with Crippen LogP contribution in [0, 0.1) is 5.82 Å². The van der Waals surface area contributed by atoms with E-state index in [0.29, 0.717) is 25.1 Å². The first-order valence-electron chi connectivity index (χ1n) is 9.67. The summed E-state index contributed by atoms with van der Waals surface area (Å²) in [5, 5.41) is 0. The molecule has 0 heterocycles. The third-order valence-corrected chi connectivity index (χ3v) is 5.90. The zero-order valence-electron chi connectivity index (χ0n) is 17.0. The minimum atomic E-state index is -3.85. The molecule has 0 unspecified atom stereocenters. The van der Waals surface area contributed by atoms with Crippen LogP contribution in [0.4, 0.5) is 10.1 Å². The molecule has 0 spiro atoms. The molecule has 1 N–H and O–H groups in total. The highest BCUT2D eigenvalue weighted by Gasteiger charge is 2.17. The number of carbonyl (C=O) groups is 1. The predicted molar refractivity (Wildman–Crippen MR) is 117 cm³/mol. The number of ether oxygens (including phenoxy) is 1. The second kappa shape index (κ2) is 10.1. The maximum Gasteiger partial charge on any atom is 0.261 e. The molecule has 3 rings (SSSR count). The Kier molecular flexibility index (Phi) is 7.25. The van der Waals surface area contributed by atoms with Crippen molar-refractivity contribution in [2.24, 2.45) is 0 Å². The van der Waals surface area contributed by atoms with E-state index in [1.54, 1.807) is 11.9 Å². The largest absolute Gasteiger partial charge is 0.494 e. The van der Waals surface area contributed by atoms with Crippen LogP contribution in [0.2, 0.25) is 0 Å². The molecule has 0 atom stereocenters. The summed E-state index contributed by atoms with van der Waals surface area (Å²) < 4.78 is 45.9. The number of sulfonamides is 1. The Morgan fingerprint density at radius 2 is 1.61 bits per heavy atom. The molecule has 0 saturated heterocycles.